The van der Waals surface area contributed by atoms with Crippen LogP contribution in [0.3, 0.4) is 0 Å². The van der Waals surface area contributed by atoms with Crippen LogP contribution in [0.25, 0.3) is 0 Å². The van der Waals surface area contributed by atoms with Crippen LogP contribution >= 0.6 is 11.6 Å². The van der Waals surface area contributed by atoms with Gasteiger partial charge in [-0.15, -0.1) is 11.6 Å². The fraction of sp³-hybridized carbons (Fsp3) is 0.900. The number of halogens is 1. The lowest BCUT2D eigenvalue weighted by Gasteiger charge is -2.25. The van der Waals surface area contributed by atoms with E-state index < -0.39 is 0 Å². The third-order valence-corrected chi connectivity index (χ3v) is 3.02. The summed E-state index contributed by atoms with van der Waals surface area (Å²) in [5.74, 6) is -0.0308. The lowest BCUT2D eigenvalue weighted by Crippen LogP contribution is -2.43. The van der Waals surface area contributed by atoms with Crippen molar-refractivity contribution < 1.29 is 14.3 Å². The lowest BCUT2D eigenvalue weighted by atomic mass is 10.1. The molecule has 0 aromatic heterocycles. The number of hydrogen-bond acceptors (Lipinski definition) is 3. The van der Waals surface area contributed by atoms with E-state index in [1.54, 1.807) is 4.90 Å². The number of epoxide rings is 2. The van der Waals surface area contributed by atoms with Crippen molar-refractivity contribution in [3.05, 3.63) is 0 Å². The Morgan fingerprint density at radius 3 is 1.93 bits per heavy atom. The van der Waals surface area contributed by atoms with Gasteiger partial charge in [-0.3, -0.25) is 4.79 Å². The highest BCUT2D eigenvalue weighted by Gasteiger charge is 2.46. The molecule has 15 heavy (non-hydrogen) atoms. The summed E-state index contributed by atoms with van der Waals surface area (Å²) in [6.45, 7) is 6.65. The van der Waals surface area contributed by atoms with E-state index in [4.69, 9.17) is 21.1 Å². The molecule has 2 aliphatic rings. The molecule has 2 heterocycles. The first-order valence-corrected chi connectivity index (χ1v) is 5.62. The van der Waals surface area contributed by atoms with Gasteiger partial charge in [-0.1, -0.05) is 0 Å². The minimum Gasteiger partial charge on any atom is -0.368 e. The standard InChI is InChI=1S/C10H16ClNO3/c1-9(6-14-9)4-12(8(13)3-11)5-10(2)7-15-10/h3-7H2,1-2H3. The molecule has 86 valence electrons. The number of carbonyl (C=O) groups excluding carboxylic acids is 1. The van der Waals surface area contributed by atoms with E-state index in [2.05, 4.69) is 0 Å². The Labute approximate surface area is 94.5 Å². The normalized spacial score (nSPS) is 37.5. The van der Waals surface area contributed by atoms with Crippen molar-refractivity contribution in [3.63, 3.8) is 0 Å². The topological polar surface area (TPSA) is 45.4 Å². The minimum absolute atomic E-state index is 0.0200. The number of amides is 1. The molecule has 2 atom stereocenters. The Hall–Kier alpha value is -0.320. The Kier molecular flexibility index (Phi) is 2.69. The predicted octanol–water partition coefficient (Wildman–Crippen LogP) is 0.632. The van der Waals surface area contributed by atoms with Gasteiger partial charge in [0.05, 0.1) is 26.3 Å². The zero-order chi connectivity index (χ0) is 11.1. The van der Waals surface area contributed by atoms with Crippen LogP contribution in [0.4, 0.5) is 0 Å². The van der Waals surface area contributed by atoms with Gasteiger partial charge in [0.1, 0.15) is 17.1 Å². The van der Waals surface area contributed by atoms with Gasteiger partial charge in [-0.05, 0) is 13.8 Å². The van der Waals surface area contributed by atoms with Gasteiger partial charge in [0.2, 0.25) is 5.91 Å². The SMILES string of the molecule is CC1(CN(CC2(C)CO2)C(=O)CCl)CO1. The molecule has 2 rings (SSSR count). The van der Waals surface area contributed by atoms with Gasteiger partial charge in [0.25, 0.3) is 0 Å². The first-order chi connectivity index (χ1) is 6.96. The van der Waals surface area contributed by atoms with Crippen molar-refractivity contribution >= 4 is 17.5 Å². The van der Waals surface area contributed by atoms with Gasteiger partial charge < -0.3 is 14.4 Å². The van der Waals surface area contributed by atoms with Crippen LogP contribution in [0.15, 0.2) is 0 Å². The molecule has 0 aromatic rings. The fourth-order valence-electron chi connectivity index (χ4n) is 1.55. The molecular formula is C10H16ClNO3. The molecule has 0 bridgehead atoms. The number of nitrogens with zero attached hydrogens (tertiary/aromatic N) is 1. The highest BCUT2D eigenvalue weighted by atomic mass is 35.5. The second-order valence-electron chi connectivity index (χ2n) is 4.86. The van der Waals surface area contributed by atoms with Gasteiger partial charge in [0.15, 0.2) is 0 Å². The first kappa shape index (κ1) is 11.2. The second-order valence-corrected chi connectivity index (χ2v) is 5.13. The molecule has 0 aliphatic carbocycles. The van der Waals surface area contributed by atoms with Crippen molar-refractivity contribution in [2.24, 2.45) is 0 Å². The summed E-state index contributed by atoms with van der Waals surface area (Å²) in [6, 6.07) is 0. The quantitative estimate of drug-likeness (QED) is 0.517. The summed E-state index contributed by atoms with van der Waals surface area (Å²) >= 11 is 5.57. The molecule has 2 unspecified atom stereocenters. The third-order valence-electron chi connectivity index (χ3n) is 2.79. The van der Waals surface area contributed by atoms with E-state index in [-0.39, 0.29) is 23.0 Å². The fourth-order valence-corrected chi connectivity index (χ4v) is 1.72. The van der Waals surface area contributed by atoms with Gasteiger partial charge in [-0.2, -0.15) is 0 Å². The van der Waals surface area contributed by atoms with Crippen LogP contribution in [-0.2, 0) is 14.3 Å². The van der Waals surface area contributed by atoms with Crippen molar-refractivity contribution in [3.8, 4) is 0 Å². The minimum atomic E-state index is -0.160. The molecule has 0 spiro atoms. The molecular weight excluding hydrogens is 218 g/mol. The average molecular weight is 234 g/mol. The van der Waals surface area contributed by atoms with Crippen LogP contribution in [-0.4, -0.2) is 54.2 Å². The van der Waals surface area contributed by atoms with Crippen molar-refractivity contribution in [1.82, 2.24) is 4.90 Å². The van der Waals surface area contributed by atoms with Crippen LogP contribution < -0.4 is 0 Å². The van der Waals surface area contributed by atoms with Crippen LogP contribution in [0.5, 0.6) is 0 Å². The molecule has 5 heteroatoms. The zero-order valence-corrected chi connectivity index (χ0v) is 9.84. The summed E-state index contributed by atoms with van der Waals surface area (Å²) in [4.78, 5) is 13.3. The Morgan fingerprint density at radius 1 is 1.27 bits per heavy atom. The van der Waals surface area contributed by atoms with E-state index >= 15 is 0 Å². The largest absolute Gasteiger partial charge is 0.368 e. The van der Waals surface area contributed by atoms with E-state index in [1.165, 1.54) is 0 Å². The number of hydrogen-bond donors (Lipinski definition) is 0. The van der Waals surface area contributed by atoms with Crippen molar-refractivity contribution in [1.29, 1.82) is 0 Å². The maximum absolute atomic E-state index is 11.6. The number of alkyl halides is 1. The Balaban J connectivity index is 1.92. The van der Waals surface area contributed by atoms with Gasteiger partial charge >= 0.3 is 0 Å². The summed E-state index contributed by atoms with van der Waals surface area (Å²) in [5, 5.41) is 0. The van der Waals surface area contributed by atoms with Crippen LogP contribution in [0.1, 0.15) is 13.8 Å². The number of rotatable bonds is 5. The summed E-state index contributed by atoms with van der Waals surface area (Å²) in [5.41, 5.74) is -0.320. The molecule has 0 saturated carbocycles. The summed E-state index contributed by atoms with van der Waals surface area (Å²) in [7, 11) is 0. The van der Waals surface area contributed by atoms with Crippen LogP contribution in [0, 0.1) is 0 Å². The molecule has 4 nitrogen and oxygen atoms in total. The molecule has 0 radical (unpaired) electrons. The van der Waals surface area contributed by atoms with E-state index in [1.807, 2.05) is 13.8 Å². The van der Waals surface area contributed by atoms with E-state index in [0.29, 0.717) is 13.1 Å². The predicted molar refractivity (Wildman–Crippen MR) is 56.0 cm³/mol. The van der Waals surface area contributed by atoms with Gasteiger partial charge in [0, 0.05) is 0 Å². The summed E-state index contributed by atoms with van der Waals surface area (Å²) in [6.07, 6.45) is 0. The monoisotopic (exact) mass is 233 g/mol. The van der Waals surface area contributed by atoms with Gasteiger partial charge in [-0.25, -0.2) is 0 Å². The number of ether oxygens (including phenoxy) is 2. The maximum atomic E-state index is 11.6. The smallest absolute Gasteiger partial charge is 0.237 e. The molecule has 2 saturated heterocycles. The molecule has 2 fully saturated rings. The average Bonchev–Trinajstić information content (AvgIpc) is 3.07. The molecule has 0 N–H and O–H groups in total. The molecule has 2 aliphatic heterocycles. The highest BCUT2D eigenvalue weighted by Crippen LogP contribution is 2.31. The molecule has 1 amide bonds. The first-order valence-electron chi connectivity index (χ1n) is 5.08. The van der Waals surface area contributed by atoms with E-state index in [0.717, 1.165) is 13.2 Å². The lowest BCUT2D eigenvalue weighted by molar-refractivity contribution is -0.130. The second kappa shape index (κ2) is 3.61. The number of carbonyl (C=O) groups is 1. The Bertz CT molecular complexity index is 254. The van der Waals surface area contributed by atoms with Crippen molar-refractivity contribution in [2.75, 3.05) is 32.2 Å². The zero-order valence-electron chi connectivity index (χ0n) is 9.09. The Morgan fingerprint density at radius 2 is 1.67 bits per heavy atom. The summed E-state index contributed by atoms with van der Waals surface area (Å²) < 4.78 is 10.6. The van der Waals surface area contributed by atoms with Crippen molar-refractivity contribution in [2.45, 2.75) is 25.0 Å². The highest BCUT2D eigenvalue weighted by molar-refractivity contribution is 6.27. The van der Waals surface area contributed by atoms with Crippen LogP contribution in [0.2, 0.25) is 0 Å². The maximum Gasteiger partial charge on any atom is 0.237 e. The molecule has 0 aromatic carbocycles. The third kappa shape index (κ3) is 2.83. The van der Waals surface area contributed by atoms with E-state index in [9.17, 15) is 4.79 Å².